The summed E-state index contributed by atoms with van der Waals surface area (Å²) >= 11 is 6.01. The fourth-order valence-corrected chi connectivity index (χ4v) is 3.54. The highest BCUT2D eigenvalue weighted by atomic mass is 35.5. The van der Waals surface area contributed by atoms with E-state index in [1.54, 1.807) is 17.0 Å². The van der Waals surface area contributed by atoms with Crippen LogP contribution in [0.4, 0.5) is 0 Å². The van der Waals surface area contributed by atoms with E-state index in [1.807, 2.05) is 28.9 Å². The van der Waals surface area contributed by atoms with Crippen LogP contribution in [0.1, 0.15) is 26.4 Å². The van der Waals surface area contributed by atoms with E-state index in [0.717, 1.165) is 24.4 Å². The summed E-state index contributed by atoms with van der Waals surface area (Å²) in [7, 11) is 0. The first-order valence-electron chi connectivity index (χ1n) is 8.98. The van der Waals surface area contributed by atoms with Crippen molar-refractivity contribution in [1.82, 2.24) is 19.2 Å². The molecule has 8 heteroatoms. The number of rotatable bonds is 4. The Hall–Kier alpha value is -2.90. The van der Waals surface area contributed by atoms with Gasteiger partial charge in [0.2, 0.25) is 0 Å². The number of carbonyl (C=O) groups excluding carboxylic acids is 1. The van der Waals surface area contributed by atoms with Crippen LogP contribution in [-0.4, -0.2) is 62.3 Å². The van der Waals surface area contributed by atoms with E-state index < -0.39 is 5.97 Å². The SMILES string of the molecule is O=C(O)c1ccc(C(=O)N2CCN(Cc3cn4cc(Cl)ccc4n3)CC2)cc1. The third-order valence-electron chi connectivity index (χ3n) is 4.89. The first kappa shape index (κ1) is 18.5. The quantitative estimate of drug-likeness (QED) is 0.731. The fraction of sp³-hybridized carbons (Fsp3) is 0.250. The van der Waals surface area contributed by atoms with Crippen molar-refractivity contribution in [2.75, 3.05) is 26.2 Å². The molecule has 1 aromatic carbocycles. The highest BCUT2D eigenvalue weighted by Crippen LogP contribution is 2.15. The maximum atomic E-state index is 12.6. The minimum Gasteiger partial charge on any atom is -0.478 e. The number of hydrogen-bond donors (Lipinski definition) is 1. The maximum absolute atomic E-state index is 12.6. The van der Waals surface area contributed by atoms with Crippen LogP contribution in [0.3, 0.4) is 0 Å². The summed E-state index contributed by atoms with van der Waals surface area (Å²) in [4.78, 5) is 32.2. The van der Waals surface area contributed by atoms with Crippen molar-refractivity contribution in [3.05, 3.63) is 70.6 Å². The Bertz CT molecular complexity index is 1020. The Morgan fingerprint density at radius 1 is 0.964 bits per heavy atom. The zero-order chi connectivity index (χ0) is 19.7. The van der Waals surface area contributed by atoms with E-state index in [2.05, 4.69) is 9.88 Å². The maximum Gasteiger partial charge on any atom is 0.335 e. The smallest absolute Gasteiger partial charge is 0.335 e. The van der Waals surface area contributed by atoms with Gasteiger partial charge < -0.3 is 14.4 Å². The number of piperazine rings is 1. The monoisotopic (exact) mass is 398 g/mol. The predicted octanol–water partition coefficient (Wildman–Crippen LogP) is 2.64. The second-order valence-electron chi connectivity index (χ2n) is 6.80. The van der Waals surface area contributed by atoms with E-state index in [1.165, 1.54) is 12.1 Å². The van der Waals surface area contributed by atoms with Gasteiger partial charge in [-0.15, -0.1) is 0 Å². The Morgan fingerprint density at radius 2 is 1.64 bits per heavy atom. The lowest BCUT2D eigenvalue weighted by Crippen LogP contribution is -2.48. The molecule has 1 aliphatic heterocycles. The summed E-state index contributed by atoms with van der Waals surface area (Å²) in [6.45, 7) is 3.48. The number of aromatic carboxylic acids is 1. The van der Waals surface area contributed by atoms with Crippen molar-refractivity contribution in [2.24, 2.45) is 0 Å². The van der Waals surface area contributed by atoms with Crippen molar-refractivity contribution in [3.8, 4) is 0 Å². The van der Waals surface area contributed by atoms with Gasteiger partial charge in [0, 0.05) is 50.7 Å². The van der Waals surface area contributed by atoms with Crippen LogP contribution in [0.25, 0.3) is 5.65 Å². The molecule has 3 aromatic rings. The Balaban J connectivity index is 1.35. The van der Waals surface area contributed by atoms with Gasteiger partial charge in [0.25, 0.3) is 5.91 Å². The number of carbonyl (C=O) groups is 2. The Morgan fingerprint density at radius 3 is 2.32 bits per heavy atom. The van der Waals surface area contributed by atoms with Crippen molar-refractivity contribution < 1.29 is 14.7 Å². The zero-order valence-electron chi connectivity index (χ0n) is 15.1. The van der Waals surface area contributed by atoms with Crippen LogP contribution in [-0.2, 0) is 6.54 Å². The minimum absolute atomic E-state index is 0.0704. The molecular weight excluding hydrogens is 380 g/mol. The second-order valence-corrected chi connectivity index (χ2v) is 7.23. The van der Waals surface area contributed by atoms with E-state index >= 15 is 0 Å². The largest absolute Gasteiger partial charge is 0.478 e. The van der Waals surface area contributed by atoms with Crippen molar-refractivity contribution in [3.63, 3.8) is 0 Å². The van der Waals surface area contributed by atoms with E-state index in [0.29, 0.717) is 30.2 Å². The Kier molecular flexibility index (Phi) is 5.02. The van der Waals surface area contributed by atoms with Crippen molar-refractivity contribution >= 4 is 29.1 Å². The van der Waals surface area contributed by atoms with E-state index in [4.69, 9.17) is 16.7 Å². The summed E-state index contributed by atoms with van der Waals surface area (Å²) in [5.41, 5.74) is 2.51. The number of carboxylic acid groups (broad SMARTS) is 1. The second kappa shape index (κ2) is 7.61. The van der Waals surface area contributed by atoms with Gasteiger partial charge in [0.1, 0.15) is 5.65 Å². The van der Waals surface area contributed by atoms with E-state index in [-0.39, 0.29) is 11.5 Å². The molecule has 0 saturated carbocycles. The van der Waals surface area contributed by atoms with Gasteiger partial charge in [-0.3, -0.25) is 9.69 Å². The molecular formula is C20H19ClN4O3. The predicted molar refractivity (Wildman–Crippen MR) is 105 cm³/mol. The molecule has 1 aliphatic rings. The number of pyridine rings is 1. The normalized spacial score (nSPS) is 15.1. The van der Waals surface area contributed by atoms with Gasteiger partial charge in [-0.05, 0) is 36.4 Å². The first-order chi connectivity index (χ1) is 13.5. The average molecular weight is 399 g/mol. The molecule has 0 bridgehead atoms. The van der Waals surface area contributed by atoms with E-state index in [9.17, 15) is 9.59 Å². The van der Waals surface area contributed by atoms with Crippen LogP contribution >= 0.6 is 11.6 Å². The lowest BCUT2D eigenvalue weighted by Gasteiger charge is -2.34. The molecule has 1 N–H and O–H groups in total. The molecule has 0 atom stereocenters. The number of hydrogen-bond acceptors (Lipinski definition) is 4. The summed E-state index contributed by atoms with van der Waals surface area (Å²) < 4.78 is 1.91. The van der Waals surface area contributed by atoms with Crippen LogP contribution in [0, 0.1) is 0 Å². The molecule has 0 radical (unpaired) electrons. The van der Waals surface area contributed by atoms with Crippen molar-refractivity contribution in [2.45, 2.75) is 6.54 Å². The molecule has 7 nitrogen and oxygen atoms in total. The molecule has 4 rings (SSSR count). The molecule has 2 aromatic heterocycles. The lowest BCUT2D eigenvalue weighted by molar-refractivity contribution is 0.0625. The third kappa shape index (κ3) is 3.85. The topological polar surface area (TPSA) is 78.2 Å². The summed E-state index contributed by atoms with van der Waals surface area (Å²) in [6, 6.07) is 9.77. The molecule has 1 saturated heterocycles. The van der Waals surface area contributed by atoms with Crippen LogP contribution in [0.15, 0.2) is 48.8 Å². The number of fused-ring (bicyclic) bond motifs is 1. The number of imidazole rings is 1. The summed E-state index contributed by atoms with van der Waals surface area (Å²) in [5, 5.41) is 9.63. The summed E-state index contributed by atoms with van der Waals surface area (Å²) in [6.07, 6.45) is 3.81. The lowest BCUT2D eigenvalue weighted by atomic mass is 10.1. The van der Waals surface area contributed by atoms with Crippen LogP contribution in [0.5, 0.6) is 0 Å². The highest BCUT2D eigenvalue weighted by molar-refractivity contribution is 6.30. The fourth-order valence-electron chi connectivity index (χ4n) is 3.37. The number of aromatic nitrogens is 2. The number of benzene rings is 1. The summed E-state index contributed by atoms with van der Waals surface area (Å²) in [5.74, 6) is -1.07. The van der Waals surface area contributed by atoms with Gasteiger partial charge in [-0.1, -0.05) is 11.6 Å². The third-order valence-corrected chi connectivity index (χ3v) is 5.11. The number of nitrogens with zero attached hydrogens (tertiary/aromatic N) is 4. The number of carboxylic acids is 1. The highest BCUT2D eigenvalue weighted by Gasteiger charge is 2.23. The average Bonchev–Trinajstić information content (AvgIpc) is 3.09. The minimum atomic E-state index is -0.998. The molecule has 0 unspecified atom stereocenters. The number of amides is 1. The van der Waals surface area contributed by atoms with Crippen LogP contribution < -0.4 is 0 Å². The molecule has 28 heavy (non-hydrogen) atoms. The molecule has 0 aliphatic carbocycles. The van der Waals surface area contributed by atoms with Crippen LogP contribution in [0.2, 0.25) is 5.02 Å². The standard InChI is InChI=1S/C20H19ClN4O3/c21-16-5-6-18-22-17(13-25(18)11-16)12-23-7-9-24(10-8-23)19(26)14-1-3-15(4-2-14)20(27)28/h1-6,11,13H,7-10,12H2,(H,27,28). The van der Waals surface area contributed by atoms with Gasteiger partial charge in [-0.2, -0.15) is 0 Å². The zero-order valence-corrected chi connectivity index (χ0v) is 15.8. The Labute approximate surface area is 166 Å². The molecule has 1 fully saturated rings. The van der Waals surface area contributed by atoms with Gasteiger partial charge >= 0.3 is 5.97 Å². The number of halogens is 1. The molecule has 144 valence electrons. The van der Waals surface area contributed by atoms with Gasteiger partial charge in [0.05, 0.1) is 16.3 Å². The molecule has 1 amide bonds. The van der Waals surface area contributed by atoms with Gasteiger partial charge in [-0.25, -0.2) is 9.78 Å². The van der Waals surface area contributed by atoms with Crippen molar-refractivity contribution in [1.29, 1.82) is 0 Å². The van der Waals surface area contributed by atoms with Gasteiger partial charge in [0.15, 0.2) is 0 Å². The molecule has 3 heterocycles. The first-order valence-corrected chi connectivity index (χ1v) is 9.35. The molecule has 0 spiro atoms.